The van der Waals surface area contributed by atoms with Gasteiger partial charge in [0.2, 0.25) is 0 Å². The largest absolute Gasteiger partial charge is 0 e. The Hall–Kier alpha value is 2.49. The van der Waals surface area contributed by atoms with Gasteiger partial charge >= 0.3 is 19.8 Å². The second-order valence-electron chi connectivity index (χ2n) is 0. The Bertz CT molecular complexity index is 15.5. The smallest absolute Gasteiger partial charge is 0 e. The second kappa shape index (κ2) is 50.9. The third kappa shape index (κ3) is 31.6. The summed E-state index contributed by atoms with van der Waals surface area (Å²) in [5.74, 6) is 0. The first kappa shape index (κ1) is 39.1. The molecule has 1 nitrogen and oxygen atoms in total. The van der Waals surface area contributed by atoms with Gasteiger partial charge in [0.1, 0.15) is 0 Å². The van der Waals surface area contributed by atoms with Crippen LogP contribution < -0.4 is 0 Å². The van der Waals surface area contributed by atoms with Gasteiger partial charge in [0.15, 0.2) is 0 Å². The number of hydrogen-bond acceptors (Lipinski definition) is 1. The van der Waals surface area contributed by atoms with Gasteiger partial charge in [-0.05, 0) is 0 Å². The zero-order valence-corrected chi connectivity index (χ0v) is 9.72. The Balaban J connectivity index is -0.000000000833. The van der Waals surface area contributed by atoms with Crippen LogP contribution in [0.25, 0.3) is 0 Å². The van der Waals surface area contributed by atoms with Crippen molar-refractivity contribution in [3.05, 3.63) is 0 Å². The van der Waals surface area contributed by atoms with E-state index in [4.69, 9.17) is 3.83 Å². The van der Waals surface area contributed by atoms with Crippen LogP contribution >= 0.6 is 0 Å². The predicted molar refractivity (Wildman–Crippen MR) is 0.686 cm³/mol. The molecule has 0 atom stereocenters. The van der Waals surface area contributed by atoms with E-state index in [0.717, 1.165) is 0 Å². The molecule has 0 fully saturated rings. The van der Waals surface area contributed by atoms with Crippen LogP contribution in [0.3, 0.4) is 0 Å². The normalized spacial score (nSPS) is 0.667. The maximum Gasteiger partial charge on any atom is 0 e. The van der Waals surface area contributed by atoms with Crippen molar-refractivity contribution in [2.45, 2.75) is 0 Å². The van der Waals surface area contributed by atoms with Crippen molar-refractivity contribution >= 4 is 0 Å². The average Bonchev–Trinajstić information content (AvgIpc) is 1.00. The Morgan fingerprint density at radius 1 is 1.17 bits per heavy atom. The molecule has 0 saturated carbocycles. The van der Waals surface area contributed by atoms with E-state index in [0.29, 0.717) is 0 Å². The summed E-state index contributed by atoms with van der Waals surface area (Å²) in [5, 5.41) is 0. The van der Waals surface area contributed by atoms with Crippen LogP contribution in [0.1, 0.15) is 0 Å². The summed E-state index contributed by atoms with van der Waals surface area (Å²) in [7, 11) is 0. The van der Waals surface area contributed by atoms with E-state index in [2.05, 4.69) is 0 Å². The third-order valence-electron chi connectivity index (χ3n) is 0. The summed E-state index contributed by atoms with van der Waals surface area (Å²) >= 11 is 1.69. The molecule has 0 aromatic rings. The fourth-order valence-electron chi connectivity index (χ4n) is 0. The molecule has 0 aliphatic rings. The second-order valence-corrected chi connectivity index (χ2v) is 0. The van der Waals surface area contributed by atoms with Crippen LogP contribution in [0.15, 0.2) is 0 Å². The van der Waals surface area contributed by atoms with E-state index in [1.54, 1.807) is 15.9 Å². The van der Waals surface area contributed by atoms with E-state index >= 15 is 0 Å². The van der Waals surface area contributed by atoms with Gasteiger partial charge in [0.25, 0.3) is 0 Å². The Morgan fingerprint density at radius 2 is 1.17 bits per heavy atom. The van der Waals surface area contributed by atoms with Crippen molar-refractivity contribution in [2.24, 2.45) is 0 Å². The minimum Gasteiger partial charge on any atom is 0 e. The van der Waals surface area contributed by atoms with Crippen LogP contribution in [0.5, 0.6) is 0 Å². The molecule has 0 unspecified atom stereocenters. The molecule has 0 saturated heterocycles. The average molecular weight is 315 g/mol. The summed E-state index contributed by atoms with van der Waals surface area (Å²) in [4.78, 5) is 0. The van der Waals surface area contributed by atoms with Crippen molar-refractivity contribution in [3.63, 3.8) is 0 Å². The molecular weight excluding hydrogens is 315 g/mol. The molecule has 0 rings (SSSR count). The maximum absolute atomic E-state index is 8.06. The third-order valence-corrected chi connectivity index (χ3v) is 0. The zero-order chi connectivity index (χ0) is 2.00. The predicted octanol–water partition coefficient (Wildman–Crippen LogP) is -0.131. The van der Waals surface area contributed by atoms with Crippen LogP contribution in [-0.4, -0.2) is 0 Å². The Labute approximate surface area is 89.1 Å². The van der Waals surface area contributed by atoms with Crippen molar-refractivity contribution < 1.29 is 90.2 Å². The van der Waals surface area contributed by atoms with Crippen molar-refractivity contribution in [3.8, 4) is 0 Å². The topological polar surface area (TPSA) is 17.1 Å². The minimum absolute atomic E-state index is 0. The molecule has 0 aromatic heterocycles. The standard InChI is InChI=1S/Co.Cu.Fe.Mn.O.Zn. The monoisotopic (exact) mass is 313 g/mol. The molecule has 2 radical (unpaired) electrons. The van der Waals surface area contributed by atoms with Gasteiger partial charge in [-0.3, -0.25) is 0 Å². The van der Waals surface area contributed by atoms with E-state index in [-0.39, 0.29) is 70.4 Å². The molecule has 6 heteroatoms. The molecule has 0 N–H and O–H groups in total. The van der Waals surface area contributed by atoms with E-state index in [1.165, 1.54) is 0 Å². The van der Waals surface area contributed by atoms with Gasteiger partial charge in [0.05, 0.1) is 0 Å². The maximum atomic E-state index is 8.06. The molecule has 0 bridgehead atoms. The Morgan fingerprint density at radius 3 is 1.17 bits per heavy atom. The van der Waals surface area contributed by atoms with Gasteiger partial charge in [-0.15, -0.1) is 0 Å². The molecule has 0 heterocycles. The molecule has 0 aromatic carbocycles. The molecule has 0 aliphatic heterocycles. The van der Waals surface area contributed by atoms with Crippen molar-refractivity contribution in [1.82, 2.24) is 0 Å². The van der Waals surface area contributed by atoms with Crippen LogP contribution in [0, 0.1) is 0 Å². The first-order chi connectivity index (χ1) is 1.00. The molecule has 0 aliphatic carbocycles. The number of rotatable bonds is 0. The molecule has 43 valence electrons. The Kier molecular flexibility index (Phi) is 332. The summed E-state index contributed by atoms with van der Waals surface area (Å²) < 4.78 is 8.06. The SMILES string of the molecule is [Co].[Cu].[Fe].[O]=[Mn].[Zn]. The fourth-order valence-corrected chi connectivity index (χ4v) is 0. The van der Waals surface area contributed by atoms with Crippen molar-refractivity contribution in [2.75, 3.05) is 0 Å². The summed E-state index contributed by atoms with van der Waals surface area (Å²) in [6, 6.07) is 0. The minimum atomic E-state index is 0. The van der Waals surface area contributed by atoms with Crippen LogP contribution in [0.2, 0.25) is 0 Å². The summed E-state index contributed by atoms with van der Waals surface area (Å²) in [6.07, 6.45) is 0. The van der Waals surface area contributed by atoms with Gasteiger partial charge in [-0.1, -0.05) is 0 Å². The zero-order valence-electron chi connectivity index (χ0n) is 2.48. The number of hydrogen-bond donors (Lipinski definition) is 0. The van der Waals surface area contributed by atoms with Crippen molar-refractivity contribution in [1.29, 1.82) is 0 Å². The van der Waals surface area contributed by atoms with Crippen LogP contribution in [0.4, 0.5) is 0 Å². The van der Waals surface area contributed by atoms with Gasteiger partial charge in [-0.2, -0.15) is 0 Å². The molecule has 6 heavy (non-hydrogen) atoms. The molecule has 0 spiro atoms. The van der Waals surface area contributed by atoms with Crippen LogP contribution in [-0.2, 0) is 90.2 Å². The summed E-state index contributed by atoms with van der Waals surface area (Å²) in [6.45, 7) is 0. The van der Waals surface area contributed by atoms with E-state index in [1.807, 2.05) is 0 Å². The molecule has 0 amide bonds. The van der Waals surface area contributed by atoms with E-state index < -0.39 is 0 Å². The van der Waals surface area contributed by atoms with Gasteiger partial charge in [-0.25, -0.2) is 0 Å². The van der Waals surface area contributed by atoms with E-state index in [9.17, 15) is 0 Å². The quantitative estimate of drug-likeness (QED) is 0.569. The fraction of sp³-hybridized carbons (Fsp3) is 0. The van der Waals surface area contributed by atoms with Gasteiger partial charge in [0, 0.05) is 70.4 Å². The summed E-state index contributed by atoms with van der Waals surface area (Å²) in [5.41, 5.74) is 0. The van der Waals surface area contributed by atoms with Gasteiger partial charge < -0.3 is 0 Å². The first-order valence-electron chi connectivity index (χ1n) is 0.154. The molecular formula is CoCuFeMnOZn. The first-order valence-corrected chi connectivity index (χ1v) is 0.636.